The molecule has 1 saturated heterocycles. The number of benzene rings is 2. The van der Waals surface area contributed by atoms with E-state index in [0.717, 1.165) is 23.1 Å². The summed E-state index contributed by atoms with van der Waals surface area (Å²) in [5, 5.41) is 12.5. The molecule has 1 amide bonds. The highest BCUT2D eigenvalue weighted by Crippen LogP contribution is 2.30. The van der Waals surface area contributed by atoms with Crippen molar-refractivity contribution in [3.05, 3.63) is 71.4 Å². The van der Waals surface area contributed by atoms with Crippen LogP contribution in [-0.4, -0.2) is 26.8 Å². The Kier molecular flexibility index (Phi) is 5.57. The number of rotatable bonds is 5. The SMILES string of the molecule is O=C1NC(O)SC1Cc1cnc2cc(OCc3ccc(C(F)(F)F)cc3)ccc2c1. The number of aliphatic hydroxyl groups excluding tert-OH is 1. The minimum Gasteiger partial charge on any atom is -0.489 e. The van der Waals surface area contributed by atoms with Gasteiger partial charge in [0.15, 0.2) is 5.56 Å². The molecule has 2 aromatic carbocycles. The van der Waals surface area contributed by atoms with Crippen molar-refractivity contribution in [1.82, 2.24) is 10.3 Å². The van der Waals surface area contributed by atoms with E-state index in [1.165, 1.54) is 23.9 Å². The van der Waals surface area contributed by atoms with Gasteiger partial charge in [0.2, 0.25) is 5.91 Å². The lowest BCUT2D eigenvalue weighted by molar-refractivity contribution is -0.137. The fraction of sp³-hybridized carbons (Fsp3) is 0.238. The summed E-state index contributed by atoms with van der Waals surface area (Å²) in [6.07, 6.45) is -2.22. The molecule has 0 aliphatic carbocycles. The van der Waals surface area contributed by atoms with Gasteiger partial charge in [-0.25, -0.2) is 0 Å². The highest BCUT2D eigenvalue weighted by Gasteiger charge is 2.31. The van der Waals surface area contributed by atoms with Gasteiger partial charge in [-0.1, -0.05) is 23.9 Å². The molecule has 0 saturated carbocycles. The van der Waals surface area contributed by atoms with Crippen LogP contribution in [0.3, 0.4) is 0 Å². The largest absolute Gasteiger partial charge is 0.489 e. The van der Waals surface area contributed by atoms with Crippen LogP contribution in [0.25, 0.3) is 10.9 Å². The van der Waals surface area contributed by atoms with Crippen molar-refractivity contribution in [1.29, 1.82) is 0 Å². The highest BCUT2D eigenvalue weighted by atomic mass is 32.2. The van der Waals surface area contributed by atoms with Crippen LogP contribution in [0.1, 0.15) is 16.7 Å². The predicted octanol–water partition coefficient (Wildman–Crippen LogP) is 3.88. The molecule has 9 heteroatoms. The number of nitrogens with zero attached hydrogens (tertiary/aromatic N) is 1. The fourth-order valence-electron chi connectivity index (χ4n) is 3.13. The Morgan fingerprint density at radius 2 is 1.87 bits per heavy atom. The van der Waals surface area contributed by atoms with Crippen LogP contribution in [0.2, 0.25) is 0 Å². The first-order valence-corrected chi connectivity index (χ1v) is 10.0. The molecular formula is C21H17F3N2O3S. The van der Waals surface area contributed by atoms with Gasteiger partial charge in [-0.3, -0.25) is 9.78 Å². The van der Waals surface area contributed by atoms with Crippen molar-refractivity contribution < 1.29 is 27.8 Å². The van der Waals surface area contributed by atoms with Gasteiger partial charge in [0, 0.05) is 17.6 Å². The molecule has 1 aliphatic rings. The van der Waals surface area contributed by atoms with Crippen LogP contribution in [0.15, 0.2) is 54.7 Å². The molecular weight excluding hydrogens is 417 g/mol. The Labute approximate surface area is 174 Å². The maximum absolute atomic E-state index is 12.6. The molecule has 0 radical (unpaired) electrons. The number of halogens is 3. The summed E-state index contributed by atoms with van der Waals surface area (Å²) in [5.74, 6) is 0.358. The molecule has 3 aromatic rings. The molecule has 1 aliphatic heterocycles. The van der Waals surface area contributed by atoms with Gasteiger partial charge in [0.25, 0.3) is 0 Å². The van der Waals surface area contributed by atoms with E-state index in [9.17, 15) is 23.1 Å². The van der Waals surface area contributed by atoms with Gasteiger partial charge in [-0.15, -0.1) is 0 Å². The zero-order valence-corrected chi connectivity index (χ0v) is 16.3. The lowest BCUT2D eigenvalue weighted by Gasteiger charge is -2.10. The number of aliphatic hydroxyl groups is 1. The number of thioether (sulfide) groups is 1. The molecule has 5 nitrogen and oxygen atoms in total. The summed E-state index contributed by atoms with van der Waals surface area (Å²) in [5.41, 5.74) is 0.635. The number of alkyl halides is 3. The van der Waals surface area contributed by atoms with Crippen molar-refractivity contribution in [2.24, 2.45) is 0 Å². The summed E-state index contributed by atoms with van der Waals surface area (Å²) in [6, 6.07) is 12.1. The lowest BCUT2D eigenvalue weighted by Crippen LogP contribution is -2.27. The highest BCUT2D eigenvalue weighted by molar-refractivity contribution is 8.01. The molecule has 2 atom stereocenters. The maximum atomic E-state index is 12.6. The number of hydrogen-bond acceptors (Lipinski definition) is 5. The van der Waals surface area contributed by atoms with Crippen LogP contribution >= 0.6 is 11.8 Å². The number of carbonyl (C=O) groups excluding carboxylic acids is 1. The number of nitrogens with one attached hydrogen (secondary N) is 1. The van der Waals surface area contributed by atoms with Crippen molar-refractivity contribution >= 4 is 28.6 Å². The van der Waals surface area contributed by atoms with Crippen molar-refractivity contribution in [3.8, 4) is 5.75 Å². The van der Waals surface area contributed by atoms with Crippen LogP contribution in [0, 0.1) is 0 Å². The monoisotopic (exact) mass is 434 g/mol. The Balaban J connectivity index is 1.41. The summed E-state index contributed by atoms with van der Waals surface area (Å²) in [6.45, 7) is 0.137. The number of amides is 1. The molecule has 2 N–H and O–H groups in total. The summed E-state index contributed by atoms with van der Waals surface area (Å²) in [4.78, 5) is 16.2. The number of hydrogen-bond donors (Lipinski definition) is 2. The van der Waals surface area contributed by atoms with Crippen molar-refractivity contribution in [3.63, 3.8) is 0 Å². The molecule has 0 bridgehead atoms. The average Bonchev–Trinajstić information content (AvgIpc) is 3.02. The minimum absolute atomic E-state index is 0.137. The third-order valence-electron chi connectivity index (χ3n) is 4.67. The van der Waals surface area contributed by atoms with Crippen molar-refractivity contribution in [2.75, 3.05) is 0 Å². The third-order valence-corrected chi connectivity index (χ3v) is 5.76. The Bertz CT molecular complexity index is 1070. The van der Waals surface area contributed by atoms with Crippen molar-refractivity contribution in [2.45, 2.75) is 30.0 Å². The first-order valence-electron chi connectivity index (χ1n) is 9.09. The fourth-order valence-corrected chi connectivity index (χ4v) is 4.10. The Morgan fingerprint density at radius 1 is 1.10 bits per heavy atom. The molecule has 30 heavy (non-hydrogen) atoms. The molecule has 1 fully saturated rings. The normalized spacial score (nSPS) is 19.1. The van der Waals surface area contributed by atoms with E-state index in [-0.39, 0.29) is 17.8 Å². The second-order valence-electron chi connectivity index (χ2n) is 6.87. The summed E-state index contributed by atoms with van der Waals surface area (Å²) >= 11 is 1.17. The molecule has 1 aromatic heterocycles. The number of aromatic nitrogens is 1. The third kappa shape index (κ3) is 4.68. The zero-order valence-electron chi connectivity index (χ0n) is 15.5. The van der Waals surface area contributed by atoms with E-state index in [2.05, 4.69) is 10.3 Å². The van der Waals surface area contributed by atoms with E-state index in [1.807, 2.05) is 12.1 Å². The minimum atomic E-state index is -4.36. The van der Waals surface area contributed by atoms with Crippen LogP contribution in [0.5, 0.6) is 5.75 Å². The second kappa shape index (κ2) is 8.16. The average molecular weight is 434 g/mol. The van der Waals surface area contributed by atoms with Gasteiger partial charge in [-0.05, 0) is 47.9 Å². The number of fused-ring (bicyclic) bond motifs is 1. The Morgan fingerprint density at radius 3 is 2.53 bits per heavy atom. The van der Waals surface area contributed by atoms with E-state index < -0.39 is 17.3 Å². The van der Waals surface area contributed by atoms with E-state index in [0.29, 0.717) is 23.3 Å². The molecule has 0 spiro atoms. The van der Waals surface area contributed by atoms with Gasteiger partial charge in [0.1, 0.15) is 12.4 Å². The first-order chi connectivity index (χ1) is 14.3. The smallest absolute Gasteiger partial charge is 0.416 e. The number of pyridine rings is 1. The molecule has 2 unspecified atom stereocenters. The summed E-state index contributed by atoms with van der Waals surface area (Å²) < 4.78 is 43.6. The Hall–Kier alpha value is -2.78. The quantitative estimate of drug-likeness (QED) is 0.638. The second-order valence-corrected chi connectivity index (χ2v) is 8.16. The van der Waals surface area contributed by atoms with E-state index >= 15 is 0 Å². The lowest BCUT2D eigenvalue weighted by atomic mass is 10.1. The summed E-state index contributed by atoms with van der Waals surface area (Å²) in [7, 11) is 0. The number of carbonyl (C=O) groups is 1. The van der Waals surface area contributed by atoms with Gasteiger partial charge < -0.3 is 15.2 Å². The van der Waals surface area contributed by atoms with E-state index in [1.54, 1.807) is 18.3 Å². The first kappa shape index (κ1) is 20.5. The number of ether oxygens (including phenoxy) is 1. The zero-order chi connectivity index (χ0) is 21.3. The topological polar surface area (TPSA) is 71.5 Å². The molecule has 2 heterocycles. The molecule has 156 valence electrons. The predicted molar refractivity (Wildman–Crippen MR) is 107 cm³/mol. The van der Waals surface area contributed by atoms with Gasteiger partial charge >= 0.3 is 6.18 Å². The van der Waals surface area contributed by atoms with Crippen LogP contribution < -0.4 is 10.1 Å². The maximum Gasteiger partial charge on any atom is 0.416 e. The standard InChI is InChI=1S/C21H17F3N2O3S/c22-21(23,24)15-4-1-12(2-5-15)11-29-16-6-3-14-7-13(10-25-17(14)9-16)8-18-19(27)26-20(28)30-18/h1-7,9-10,18,20,28H,8,11H2,(H,26,27). The van der Waals surface area contributed by atoms with E-state index in [4.69, 9.17) is 4.74 Å². The van der Waals surface area contributed by atoms with Crippen LogP contribution in [0.4, 0.5) is 13.2 Å². The molecule has 4 rings (SSSR count). The van der Waals surface area contributed by atoms with Crippen LogP contribution in [-0.2, 0) is 24.0 Å². The van der Waals surface area contributed by atoms with Gasteiger partial charge in [0.05, 0.1) is 16.3 Å². The van der Waals surface area contributed by atoms with Gasteiger partial charge in [-0.2, -0.15) is 13.2 Å².